The Labute approximate surface area is 113 Å². The molecule has 0 saturated heterocycles. The van der Waals surface area contributed by atoms with Gasteiger partial charge in [-0.1, -0.05) is 24.6 Å². The lowest BCUT2D eigenvalue weighted by atomic mass is 9.91. The number of nitrogens with one attached hydrogen (secondary N) is 1. The van der Waals surface area contributed by atoms with Crippen LogP contribution in [0, 0.1) is 0 Å². The molecule has 1 nitrogen and oxygen atoms in total. The predicted molar refractivity (Wildman–Crippen MR) is 77.9 cm³/mol. The minimum absolute atomic E-state index is 0.229. The molecule has 0 aromatic heterocycles. The van der Waals surface area contributed by atoms with Gasteiger partial charge in [-0.2, -0.15) is 0 Å². The third kappa shape index (κ3) is 2.81. The zero-order valence-corrected chi connectivity index (χ0v) is 12.3. The summed E-state index contributed by atoms with van der Waals surface area (Å²) in [5.41, 5.74) is 2.81. The summed E-state index contributed by atoms with van der Waals surface area (Å²) in [6, 6.07) is 6.69. The van der Waals surface area contributed by atoms with Crippen LogP contribution in [-0.4, -0.2) is 11.3 Å². The minimum atomic E-state index is 0.229. The summed E-state index contributed by atoms with van der Waals surface area (Å²) in [6.07, 6.45) is 1.16. The fourth-order valence-electron chi connectivity index (χ4n) is 2.33. The highest BCUT2D eigenvalue weighted by Gasteiger charge is 2.36. The van der Waals surface area contributed by atoms with E-state index in [4.69, 9.17) is 11.6 Å². The fraction of sp³-hybridized carbons (Fsp3) is 0.571. The van der Waals surface area contributed by atoms with Gasteiger partial charge in [0, 0.05) is 21.6 Å². The van der Waals surface area contributed by atoms with Crippen LogP contribution in [0.1, 0.15) is 44.4 Å². The Morgan fingerprint density at radius 1 is 1.47 bits per heavy atom. The van der Waals surface area contributed by atoms with Gasteiger partial charge in [0.25, 0.3) is 0 Å². The van der Waals surface area contributed by atoms with Gasteiger partial charge in [0.1, 0.15) is 0 Å². The second-order valence-electron chi connectivity index (χ2n) is 5.12. The highest BCUT2D eigenvalue weighted by Crippen LogP contribution is 2.46. The van der Waals surface area contributed by atoms with Crippen molar-refractivity contribution in [1.29, 1.82) is 0 Å². The van der Waals surface area contributed by atoms with Crippen LogP contribution in [0.3, 0.4) is 0 Å². The van der Waals surface area contributed by atoms with Gasteiger partial charge in [-0.25, -0.2) is 0 Å². The maximum atomic E-state index is 6.13. The number of rotatable bonds is 3. The number of benzene rings is 1. The average molecular weight is 270 g/mol. The van der Waals surface area contributed by atoms with E-state index in [1.807, 2.05) is 17.8 Å². The second kappa shape index (κ2) is 5.21. The average Bonchev–Trinajstić information content (AvgIpc) is 2.27. The summed E-state index contributed by atoms with van der Waals surface area (Å²) in [5.74, 6) is 1.09. The lowest BCUT2D eigenvalue weighted by molar-refractivity contribution is 0.439. The van der Waals surface area contributed by atoms with E-state index in [2.05, 4.69) is 38.2 Å². The van der Waals surface area contributed by atoms with Crippen LogP contribution in [0.2, 0.25) is 5.02 Å². The highest BCUT2D eigenvalue weighted by atomic mass is 35.5. The summed E-state index contributed by atoms with van der Waals surface area (Å²) in [5, 5.41) is 4.51. The molecular weight excluding hydrogens is 250 g/mol. The summed E-state index contributed by atoms with van der Waals surface area (Å²) in [4.78, 5) is 0. The van der Waals surface area contributed by atoms with E-state index in [-0.39, 0.29) is 4.75 Å². The van der Waals surface area contributed by atoms with Crippen LogP contribution in [0.4, 0.5) is 0 Å². The molecular formula is C14H20ClNS. The van der Waals surface area contributed by atoms with Crippen LogP contribution < -0.4 is 5.32 Å². The first kappa shape index (κ1) is 13.3. The van der Waals surface area contributed by atoms with Gasteiger partial charge in [-0.05, 0) is 50.1 Å². The third-order valence-corrected chi connectivity index (χ3v) is 4.98. The smallest absolute Gasteiger partial charge is 0.0467 e. The molecule has 17 heavy (non-hydrogen) atoms. The number of halogens is 1. The van der Waals surface area contributed by atoms with Crippen LogP contribution in [0.15, 0.2) is 18.2 Å². The molecule has 0 bridgehead atoms. The van der Waals surface area contributed by atoms with Gasteiger partial charge in [-0.3, -0.25) is 0 Å². The Hall–Kier alpha value is -0.180. The standard InChI is InChI=1S/C14H20ClNS/c1-4-7-16-13-12-8-11(15)6-5-10(12)9-17-14(13,2)3/h5-6,8,13,16H,4,7,9H2,1-3H3. The maximum Gasteiger partial charge on any atom is 0.0467 e. The van der Waals surface area contributed by atoms with E-state index in [9.17, 15) is 0 Å². The lowest BCUT2D eigenvalue weighted by Gasteiger charge is -2.40. The van der Waals surface area contributed by atoms with Gasteiger partial charge in [0.15, 0.2) is 0 Å². The zero-order valence-electron chi connectivity index (χ0n) is 10.7. The van der Waals surface area contributed by atoms with Crippen molar-refractivity contribution in [3.05, 3.63) is 34.3 Å². The van der Waals surface area contributed by atoms with Gasteiger partial charge in [0.05, 0.1) is 0 Å². The van der Waals surface area contributed by atoms with Crippen molar-refractivity contribution < 1.29 is 0 Å². The van der Waals surface area contributed by atoms with Crippen LogP contribution in [0.25, 0.3) is 0 Å². The molecule has 0 spiro atoms. The number of hydrogen-bond acceptors (Lipinski definition) is 2. The van der Waals surface area contributed by atoms with Crippen LogP contribution in [-0.2, 0) is 5.75 Å². The largest absolute Gasteiger partial charge is 0.309 e. The normalized spacial score (nSPS) is 22.2. The first-order valence-electron chi connectivity index (χ1n) is 6.20. The zero-order chi connectivity index (χ0) is 12.5. The van der Waals surface area contributed by atoms with E-state index in [1.165, 1.54) is 11.1 Å². The van der Waals surface area contributed by atoms with Crippen molar-refractivity contribution in [2.75, 3.05) is 6.54 Å². The molecule has 1 aliphatic heterocycles. The molecule has 2 rings (SSSR count). The van der Waals surface area contributed by atoms with E-state index >= 15 is 0 Å². The minimum Gasteiger partial charge on any atom is -0.309 e. The molecule has 1 aromatic carbocycles. The predicted octanol–water partition coefficient (Wildman–Crippen LogP) is 4.41. The van der Waals surface area contributed by atoms with Crippen molar-refractivity contribution in [2.45, 2.75) is 43.7 Å². The van der Waals surface area contributed by atoms with Crippen LogP contribution >= 0.6 is 23.4 Å². The summed E-state index contributed by atoms with van der Waals surface area (Å²) in [7, 11) is 0. The Bertz CT molecular complexity index is 403. The third-order valence-electron chi connectivity index (χ3n) is 3.31. The number of fused-ring (bicyclic) bond motifs is 1. The Kier molecular flexibility index (Phi) is 4.06. The summed E-state index contributed by atoms with van der Waals surface area (Å²) < 4.78 is 0.229. The second-order valence-corrected chi connectivity index (χ2v) is 7.19. The van der Waals surface area contributed by atoms with Gasteiger partial charge >= 0.3 is 0 Å². The lowest BCUT2D eigenvalue weighted by Crippen LogP contribution is -2.40. The molecule has 94 valence electrons. The van der Waals surface area contributed by atoms with E-state index in [0.29, 0.717) is 6.04 Å². The van der Waals surface area contributed by atoms with Crippen LogP contribution in [0.5, 0.6) is 0 Å². The van der Waals surface area contributed by atoms with Gasteiger partial charge in [0.2, 0.25) is 0 Å². The molecule has 0 amide bonds. The van der Waals surface area contributed by atoms with E-state index in [0.717, 1.165) is 23.7 Å². The molecule has 1 atom stereocenters. The molecule has 3 heteroatoms. The van der Waals surface area contributed by atoms with Gasteiger partial charge < -0.3 is 5.32 Å². The molecule has 1 heterocycles. The monoisotopic (exact) mass is 269 g/mol. The van der Waals surface area contributed by atoms with Gasteiger partial charge in [-0.15, -0.1) is 11.8 Å². The molecule has 1 aromatic rings. The quantitative estimate of drug-likeness (QED) is 0.873. The Balaban J connectivity index is 2.35. The van der Waals surface area contributed by atoms with Crippen molar-refractivity contribution in [2.24, 2.45) is 0 Å². The fourth-order valence-corrected chi connectivity index (χ4v) is 3.68. The topological polar surface area (TPSA) is 12.0 Å². The first-order valence-corrected chi connectivity index (χ1v) is 7.56. The number of thioether (sulfide) groups is 1. The number of hydrogen-bond donors (Lipinski definition) is 1. The van der Waals surface area contributed by atoms with Crippen molar-refractivity contribution >= 4 is 23.4 Å². The SMILES string of the molecule is CCCNC1c2cc(Cl)ccc2CSC1(C)C. The van der Waals surface area contributed by atoms with Crippen molar-refractivity contribution in [3.63, 3.8) is 0 Å². The molecule has 0 saturated carbocycles. The molecule has 0 radical (unpaired) electrons. The molecule has 0 fully saturated rings. The van der Waals surface area contributed by atoms with Crippen molar-refractivity contribution in [3.8, 4) is 0 Å². The highest BCUT2D eigenvalue weighted by molar-refractivity contribution is 8.00. The van der Waals surface area contributed by atoms with Crippen molar-refractivity contribution in [1.82, 2.24) is 5.32 Å². The molecule has 1 N–H and O–H groups in total. The van der Waals surface area contributed by atoms with E-state index in [1.54, 1.807) is 0 Å². The molecule has 0 aliphatic carbocycles. The summed E-state index contributed by atoms with van der Waals surface area (Å²) in [6.45, 7) is 7.89. The maximum absolute atomic E-state index is 6.13. The molecule has 1 aliphatic rings. The Morgan fingerprint density at radius 3 is 2.94 bits per heavy atom. The summed E-state index contributed by atoms with van der Waals surface area (Å²) >= 11 is 8.16. The van der Waals surface area contributed by atoms with E-state index < -0.39 is 0 Å². The molecule has 1 unspecified atom stereocenters. The Morgan fingerprint density at radius 2 is 2.24 bits per heavy atom. The first-order chi connectivity index (χ1) is 8.04.